The molecule has 1 aliphatic carbocycles. The average molecular weight is 552 g/mol. The highest BCUT2D eigenvalue weighted by Gasteiger charge is 2.36. The summed E-state index contributed by atoms with van der Waals surface area (Å²) in [5.74, 6) is 0.712. The second-order valence-electron chi connectivity index (χ2n) is 11.7. The van der Waals surface area contributed by atoms with E-state index >= 15 is 0 Å². The maximum atomic E-state index is 5.16. The molecule has 0 aliphatic heterocycles. The maximum Gasteiger partial charge on any atom is 0.160 e. The summed E-state index contributed by atoms with van der Waals surface area (Å²) in [7, 11) is 0. The molecule has 0 spiro atoms. The van der Waals surface area contributed by atoms with Crippen molar-refractivity contribution in [1.29, 1.82) is 0 Å². The average Bonchev–Trinajstić information content (AvgIpc) is 3.31. The Morgan fingerprint density at radius 2 is 1.12 bits per heavy atom. The Hall–Kier alpha value is -5.41. The van der Waals surface area contributed by atoms with Crippen molar-refractivity contribution >= 4 is 10.8 Å². The molecule has 43 heavy (non-hydrogen) atoms. The lowest BCUT2D eigenvalue weighted by Gasteiger charge is -2.21. The predicted molar refractivity (Wildman–Crippen MR) is 177 cm³/mol. The Morgan fingerprint density at radius 1 is 0.488 bits per heavy atom. The Morgan fingerprint density at radius 3 is 1.91 bits per heavy atom. The SMILES string of the molecule is CC1(C)c2ccc(-c3cc(-c4ccccc4)nc(-c4ccc(-c5ccncc5)cc4)n3)cc2-c2c1ccc1ccccc21. The Balaban J connectivity index is 1.29. The summed E-state index contributed by atoms with van der Waals surface area (Å²) in [4.78, 5) is 14.4. The first-order chi connectivity index (χ1) is 21.1. The van der Waals surface area contributed by atoms with Crippen molar-refractivity contribution in [2.24, 2.45) is 0 Å². The van der Waals surface area contributed by atoms with E-state index in [1.807, 2.05) is 30.6 Å². The minimum Gasteiger partial charge on any atom is -0.265 e. The van der Waals surface area contributed by atoms with Crippen LogP contribution in [0.2, 0.25) is 0 Å². The van der Waals surface area contributed by atoms with E-state index in [0.29, 0.717) is 5.82 Å². The number of hydrogen-bond acceptors (Lipinski definition) is 3. The maximum absolute atomic E-state index is 5.16. The highest BCUT2D eigenvalue weighted by Crippen LogP contribution is 2.52. The van der Waals surface area contributed by atoms with E-state index in [2.05, 4.69) is 128 Å². The molecule has 0 radical (unpaired) electrons. The van der Waals surface area contributed by atoms with Gasteiger partial charge in [-0.15, -0.1) is 0 Å². The largest absolute Gasteiger partial charge is 0.265 e. The van der Waals surface area contributed by atoms with E-state index in [9.17, 15) is 0 Å². The molecule has 204 valence electrons. The van der Waals surface area contributed by atoms with E-state index in [1.54, 1.807) is 0 Å². The topological polar surface area (TPSA) is 38.7 Å². The van der Waals surface area contributed by atoms with Gasteiger partial charge < -0.3 is 0 Å². The monoisotopic (exact) mass is 551 g/mol. The Labute approximate surface area is 251 Å². The number of pyridine rings is 1. The summed E-state index contributed by atoms with van der Waals surface area (Å²) in [6.07, 6.45) is 3.64. The lowest BCUT2D eigenvalue weighted by Crippen LogP contribution is -2.14. The quantitative estimate of drug-likeness (QED) is 0.218. The van der Waals surface area contributed by atoms with Gasteiger partial charge in [-0.25, -0.2) is 9.97 Å². The van der Waals surface area contributed by atoms with E-state index in [0.717, 1.165) is 39.2 Å². The fourth-order valence-electron chi connectivity index (χ4n) is 6.52. The van der Waals surface area contributed by atoms with Crippen molar-refractivity contribution in [3.8, 4) is 56.2 Å². The van der Waals surface area contributed by atoms with Crippen molar-refractivity contribution < 1.29 is 0 Å². The van der Waals surface area contributed by atoms with E-state index in [4.69, 9.17) is 9.97 Å². The fraction of sp³-hybridized carbons (Fsp3) is 0.0750. The fourth-order valence-corrected chi connectivity index (χ4v) is 6.52. The summed E-state index contributed by atoms with van der Waals surface area (Å²) < 4.78 is 0. The van der Waals surface area contributed by atoms with Gasteiger partial charge in [-0.2, -0.15) is 0 Å². The molecule has 0 saturated heterocycles. The molecule has 2 heterocycles. The third-order valence-electron chi connectivity index (χ3n) is 8.81. The van der Waals surface area contributed by atoms with Gasteiger partial charge in [0.25, 0.3) is 0 Å². The first-order valence-electron chi connectivity index (χ1n) is 14.7. The van der Waals surface area contributed by atoms with Crippen LogP contribution in [0, 0.1) is 0 Å². The zero-order valence-corrected chi connectivity index (χ0v) is 24.1. The van der Waals surface area contributed by atoms with Gasteiger partial charge >= 0.3 is 0 Å². The zero-order valence-electron chi connectivity index (χ0n) is 24.1. The first kappa shape index (κ1) is 25.3. The third kappa shape index (κ3) is 4.24. The lowest BCUT2D eigenvalue weighted by molar-refractivity contribution is 0.661. The molecule has 5 aromatic carbocycles. The molecule has 0 unspecified atom stereocenters. The van der Waals surface area contributed by atoms with Crippen molar-refractivity contribution in [1.82, 2.24) is 15.0 Å². The second kappa shape index (κ2) is 9.85. The van der Waals surface area contributed by atoms with E-state index in [-0.39, 0.29) is 5.41 Å². The van der Waals surface area contributed by atoms with E-state index in [1.165, 1.54) is 33.0 Å². The van der Waals surface area contributed by atoms with Crippen LogP contribution >= 0.6 is 0 Å². The molecular weight excluding hydrogens is 522 g/mol. The lowest BCUT2D eigenvalue weighted by atomic mass is 9.82. The summed E-state index contributed by atoms with van der Waals surface area (Å²) in [6.45, 7) is 4.66. The number of aromatic nitrogens is 3. The molecule has 3 nitrogen and oxygen atoms in total. The normalized spacial score (nSPS) is 13.1. The second-order valence-corrected chi connectivity index (χ2v) is 11.7. The third-order valence-corrected chi connectivity index (χ3v) is 8.81. The smallest absolute Gasteiger partial charge is 0.160 e. The molecule has 0 bridgehead atoms. The standard InChI is InChI=1S/C40H29N3/c1-40(2)34-18-17-31(24-33(34)38-32-11-7-6-8-28(32)16-19-35(38)40)37-25-36(29-9-4-3-5-10-29)42-39(43-37)30-14-12-26(13-15-30)27-20-22-41-23-21-27/h3-25H,1-2H3. The number of hydrogen-bond donors (Lipinski definition) is 0. The molecule has 8 rings (SSSR count). The van der Waals surface area contributed by atoms with Crippen LogP contribution in [0.5, 0.6) is 0 Å². The first-order valence-corrected chi connectivity index (χ1v) is 14.7. The van der Waals surface area contributed by atoms with Crippen molar-refractivity contribution in [2.45, 2.75) is 19.3 Å². The van der Waals surface area contributed by atoms with Gasteiger partial charge in [0.2, 0.25) is 0 Å². The van der Waals surface area contributed by atoms with Crippen LogP contribution in [-0.2, 0) is 5.41 Å². The number of nitrogens with zero attached hydrogens (tertiary/aromatic N) is 3. The predicted octanol–water partition coefficient (Wildman–Crippen LogP) is 10.00. The van der Waals surface area contributed by atoms with Gasteiger partial charge in [0.05, 0.1) is 11.4 Å². The summed E-state index contributed by atoms with van der Waals surface area (Å²) in [5.41, 5.74) is 12.5. The van der Waals surface area contributed by atoms with Crippen LogP contribution in [0.25, 0.3) is 66.9 Å². The highest BCUT2D eigenvalue weighted by atomic mass is 14.9. The van der Waals surface area contributed by atoms with Gasteiger partial charge in [0.15, 0.2) is 5.82 Å². The molecule has 0 atom stereocenters. The van der Waals surface area contributed by atoms with Crippen LogP contribution in [-0.4, -0.2) is 15.0 Å². The minimum atomic E-state index is -0.0736. The van der Waals surface area contributed by atoms with Crippen LogP contribution in [0.1, 0.15) is 25.0 Å². The minimum absolute atomic E-state index is 0.0736. The molecular formula is C40H29N3. The van der Waals surface area contributed by atoms with Gasteiger partial charge in [0.1, 0.15) is 0 Å². The van der Waals surface area contributed by atoms with Crippen molar-refractivity contribution in [3.05, 3.63) is 151 Å². The van der Waals surface area contributed by atoms with Crippen LogP contribution in [0.4, 0.5) is 0 Å². The summed E-state index contributed by atoms with van der Waals surface area (Å²) >= 11 is 0. The van der Waals surface area contributed by atoms with Crippen LogP contribution in [0.15, 0.2) is 140 Å². The summed E-state index contributed by atoms with van der Waals surface area (Å²) in [6, 6.07) is 45.1. The Kier molecular flexibility index (Phi) is 5.80. The van der Waals surface area contributed by atoms with Gasteiger partial charge in [0, 0.05) is 34.5 Å². The molecule has 0 saturated carbocycles. The molecule has 1 aliphatic rings. The molecule has 7 aromatic rings. The van der Waals surface area contributed by atoms with Crippen LogP contribution < -0.4 is 0 Å². The van der Waals surface area contributed by atoms with Gasteiger partial charge in [-0.1, -0.05) is 117 Å². The van der Waals surface area contributed by atoms with Gasteiger partial charge in [-0.3, -0.25) is 4.98 Å². The Bertz CT molecular complexity index is 2130. The van der Waals surface area contributed by atoms with Crippen LogP contribution in [0.3, 0.4) is 0 Å². The number of fused-ring (bicyclic) bond motifs is 5. The molecule has 2 aromatic heterocycles. The molecule has 0 amide bonds. The summed E-state index contributed by atoms with van der Waals surface area (Å²) in [5, 5.41) is 2.56. The number of benzene rings is 5. The van der Waals surface area contributed by atoms with Crippen molar-refractivity contribution in [2.75, 3.05) is 0 Å². The van der Waals surface area contributed by atoms with E-state index < -0.39 is 0 Å². The molecule has 3 heteroatoms. The zero-order chi connectivity index (χ0) is 29.0. The molecule has 0 N–H and O–H groups in total. The van der Waals surface area contributed by atoms with Crippen molar-refractivity contribution in [3.63, 3.8) is 0 Å². The highest BCUT2D eigenvalue weighted by molar-refractivity contribution is 6.03. The molecule has 0 fully saturated rings. The van der Waals surface area contributed by atoms with Gasteiger partial charge in [-0.05, 0) is 68.4 Å². The number of rotatable bonds is 4.